The van der Waals surface area contributed by atoms with E-state index in [0.717, 1.165) is 18.2 Å². The molecule has 1 fully saturated rings. The molecule has 1 N–H and O–H groups in total. The molecule has 2 heterocycles. The van der Waals surface area contributed by atoms with Crippen molar-refractivity contribution >= 4 is 17.8 Å². The van der Waals surface area contributed by atoms with Crippen molar-refractivity contribution in [2.24, 2.45) is 0 Å². The van der Waals surface area contributed by atoms with Crippen LogP contribution in [-0.2, 0) is 4.79 Å². The number of amides is 3. The molecule has 3 amide bonds. The maximum absolute atomic E-state index is 13.3. The van der Waals surface area contributed by atoms with Crippen LogP contribution in [0.5, 0.6) is 0 Å². The number of nitrogens with one attached hydrogen (secondary N) is 1. The molecule has 0 spiro atoms. The number of benzene rings is 1. The molecule has 1 aliphatic rings. The van der Waals surface area contributed by atoms with Gasteiger partial charge in [-0.3, -0.25) is 15.1 Å². The third kappa shape index (κ3) is 21.4. The van der Waals surface area contributed by atoms with Crippen molar-refractivity contribution in [1.82, 2.24) is 19.8 Å². The molecular weight excluding hydrogens is 2750 g/mol. The minimum atomic E-state index is -0.706. The Morgan fingerprint density at radius 3 is 1.89 bits per heavy atom. The second-order valence-corrected chi connectivity index (χ2v) is 6.62. The Bertz CT molecular complexity index is 886. The van der Waals surface area contributed by atoms with Gasteiger partial charge in [-0.2, -0.15) is 0 Å². The van der Waals surface area contributed by atoms with Gasteiger partial charge in [0.05, 0.1) is 24.1 Å². The van der Waals surface area contributed by atoms with Crippen molar-refractivity contribution in [1.29, 1.82) is 0 Å². The fourth-order valence-corrected chi connectivity index (χ4v) is 3.12. The Hall–Kier alpha value is 7.42. The van der Waals surface area contributed by atoms with E-state index >= 15 is 0 Å². The first-order valence-corrected chi connectivity index (χ1v) is 8.97. The normalized spacial score (nSPS) is 11.9. The van der Waals surface area contributed by atoms with Gasteiger partial charge in [0, 0.05) is 349 Å². The minimum Gasteiger partial charge on any atom is -0.341 e. The summed E-state index contributed by atoms with van der Waals surface area (Å²) in [7, 11) is 1.66. The molecule has 188 valence electrons. The smallest absolute Gasteiger partial charge is 0.323 e. The van der Waals surface area contributed by atoms with Crippen LogP contribution in [0.25, 0.3) is 11.3 Å². The Morgan fingerprint density at radius 2 is 1.45 bits per heavy atom. The van der Waals surface area contributed by atoms with Crippen LogP contribution in [0, 0.1) is 323 Å². The second kappa shape index (κ2) is 34.3. The molecule has 3 rings (SSSR count). The van der Waals surface area contributed by atoms with Gasteiger partial charge >= 0.3 is 6.03 Å². The summed E-state index contributed by atoms with van der Waals surface area (Å²) < 4.78 is 26.7. The van der Waals surface area contributed by atoms with E-state index < -0.39 is 11.6 Å². The van der Waals surface area contributed by atoms with Crippen LogP contribution in [0.4, 0.5) is 19.4 Å². The zero-order chi connectivity index (χ0) is 20.3. The monoisotopic (exact) mass is 2770 g/mol. The quantitative estimate of drug-likeness (QED) is 0.512. The number of hydrogen-bond acceptors (Lipinski definition) is 4. The molecule has 0 aliphatic carbocycles. The molecular formula is C19H21F2N5O2U10. The van der Waals surface area contributed by atoms with Gasteiger partial charge in [-0.1, -0.05) is 6.92 Å². The van der Waals surface area contributed by atoms with Gasteiger partial charge in [-0.15, -0.1) is 0 Å². The SMILES string of the molecule is CCC(=O)N1CC[C@H](N(C)C(=O)Nc2cnc(-c3cc(F)cc(F)c3)cn2)C1.[U].[U].[U].[U].[U].[U].[U].[U].[U].[U]. The van der Waals surface area contributed by atoms with Crippen molar-refractivity contribution in [2.45, 2.75) is 25.8 Å². The summed E-state index contributed by atoms with van der Waals surface area (Å²) in [6, 6.07) is 2.65. The van der Waals surface area contributed by atoms with E-state index in [1.807, 2.05) is 6.92 Å². The van der Waals surface area contributed by atoms with Crippen molar-refractivity contribution in [3.8, 4) is 11.3 Å². The maximum Gasteiger partial charge on any atom is 0.323 e. The molecule has 0 radical (unpaired) electrons. The van der Waals surface area contributed by atoms with E-state index in [1.54, 1.807) is 16.8 Å². The standard InChI is InChI=1S/C19H21F2N5O2.10U/c1-3-18(27)26-5-4-15(11-26)25(2)19(28)24-17-10-22-16(9-23-17)12-6-13(20)8-14(21)7-12;;;;;;;;;;/h6-10,15H,3-5,11H2,1-2H3,(H,23,24,28);;;;;;;;;;/t15-;;;;;;;;;;/m0........../s1. The van der Waals surface area contributed by atoms with Gasteiger partial charge in [0.1, 0.15) is 11.6 Å². The van der Waals surface area contributed by atoms with Gasteiger partial charge in [0.15, 0.2) is 5.82 Å². The van der Waals surface area contributed by atoms with Gasteiger partial charge in [-0.25, -0.2) is 18.6 Å². The third-order valence-electron chi connectivity index (χ3n) is 4.73. The largest absolute Gasteiger partial charge is 0.341 e. The number of likely N-dealkylation sites (tertiary alicyclic amines) is 1. The van der Waals surface area contributed by atoms with E-state index in [1.165, 1.54) is 12.4 Å². The molecule has 7 nitrogen and oxygen atoms in total. The molecule has 1 aliphatic heterocycles. The average molecular weight is 2770 g/mol. The zero-order valence-electron chi connectivity index (χ0n) is 20.7. The summed E-state index contributed by atoms with van der Waals surface area (Å²) in [6.45, 7) is 2.95. The van der Waals surface area contributed by atoms with Crippen LogP contribution >= 0.6 is 0 Å². The molecule has 19 heteroatoms. The summed E-state index contributed by atoms with van der Waals surface area (Å²) in [5, 5.41) is 2.64. The van der Waals surface area contributed by atoms with Crippen LogP contribution in [-0.4, -0.2) is 57.9 Å². The van der Waals surface area contributed by atoms with Crippen molar-refractivity contribution in [3.05, 3.63) is 42.2 Å². The van der Waals surface area contributed by atoms with E-state index in [4.69, 9.17) is 0 Å². The average Bonchev–Trinajstić information content (AvgIpc) is 3.16. The number of rotatable bonds is 4. The molecule has 2 aromatic rings. The molecule has 0 bridgehead atoms. The number of urea groups is 1. The van der Waals surface area contributed by atoms with Gasteiger partial charge in [0.2, 0.25) is 5.91 Å². The number of carbonyl (C=O) groups excluding carboxylic acids is 2. The van der Waals surface area contributed by atoms with Crippen LogP contribution in [0.15, 0.2) is 30.6 Å². The summed E-state index contributed by atoms with van der Waals surface area (Å²) in [6.07, 6.45) is 3.82. The van der Waals surface area contributed by atoms with E-state index in [2.05, 4.69) is 15.3 Å². The maximum atomic E-state index is 13.3. The zero-order valence-corrected chi connectivity index (χ0v) is 62.3. The van der Waals surface area contributed by atoms with Crippen LogP contribution in [0.1, 0.15) is 19.8 Å². The van der Waals surface area contributed by atoms with Gasteiger partial charge in [0.25, 0.3) is 0 Å². The fraction of sp³-hybridized carbons (Fsp3) is 0.368. The Labute approximate surface area is 460 Å². The Kier molecular flexibility index (Phi) is 57.8. The number of halogens is 2. The molecule has 0 unspecified atom stereocenters. The number of aromatic nitrogens is 2. The number of hydrogen-bond donors (Lipinski definition) is 1. The molecule has 0 saturated carbocycles. The third-order valence-corrected chi connectivity index (χ3v) is 4.73. The van der Waals surface area contributed by atoms with Crippen LogP contribution < -0.4 is 5.32 Å². The number of carbonyl (C=O) groups is 2. The summed E-state index contributed by atoms with van der Waals surface area (Å²) in [5.41, 5.74) is 0.542. The van der Waals surface area contributed by atoms with Crippen molar-refractivity contribution in [2.75, 3.05) is 25.5 Å². The Morgan fingerprint density at radius 1 is 0.921 bits per heavy atom. The minimum absolute atomic E-state index is 0. The van der Waals surface area contributed by atoms with Gasteiger partial charge in [-0.05, 0) is 18.6 Å². The summed E-state index contributed by atoms with van der Waals surface area (Å²) in [5.74, 6) is -1.12. The number of likely N-dealkylation sites (N-methyl/N-ethyl adjacent to an activating group) is 1. The first-order chi connectivity index (χ1) is 13.4. The summed E-state index contributed by atoms with van der Waals surface area (Å²) in [4.78, 5) is 35.7. The second-order valence-electron chi connectivity index (χ2n) is 6.62. The first kappa shape index (κ1) is 64.0. The molecule has 38 heavy (non-hydrogen) atoms. The van der Waals surface area contributed by atoms with E-state index in [0.29, 0.717) is 25.9 Å². The Balaban J connectivity index is -0.000000150. The first-order valence-electron chi connectivity index (χ1n) is 8.97. The van der Waals surface area contributed by atoms with Crippen LogP contribution in [0.3, 0.4) is 0 Å². The fourth-order valence-electron chi connectivity index (χ4n) is 3.12. The predicted molar refractivity (Wildman–Crippen MR) is 99.4 cm³/mol. The van der Waals surface area contributed by atoms with Crippen molar-refractivity contribution in [3.63, 3.8) is 0 Å². The van der Waals surface area contributed by atoms with Crippen molar-refractivity contribution < 1.29 is 330 Å². The number of nitrogens with zero attached hydrogens (tertiary/aromatic N) is 4. The predicted octanol–water partition coefficient (Wildman–Crippen LogP) is 2.90. The molecule has 1 aromatic heterocycles. The topological polar surface area (TPSA) is 78.4 Å². The summed E-state index contributed by atoms with van der Waals surface area (Å²) >= 11 is 0. The van der Waals surface area contributed by atoms with E-state index in [-0.39, 0.29) is 346 Å². The van der Waals surface area contributed by atoms with E-state index in [9.17, 15) is 18.4 Å². The molecule has 1 atom stereocenters. The molecule has 1 saturated heterocycles. The number of anilines is 1. The van der Waals surface area contributed by atoms with Crippen LogP contribution in [0.2, 0.25) is 0 Å². The van der Waals surface area contributed by atoms with Gasteiger partial charge < -0.3 is 9.80 Å². The molecule has 1 aromatic carbocycles.